The molecule has 6 nitrogen and oxygen atoms in total. The lowest BCUT2D eigenvalue weighted by Crippen LogP contribution is -2.58. The van der Waals surface area contributed by atoms with Crippen LogP contribution in [-0.2, 0) is 29.2 Å². The van der Waals surface area contributed by atoms with E-state index in [1.807, 2.05) is 26.2 Å². The molecule has 5 unspecified atom stereocenters. The molecule has 6 heteroatoms. The van der Waals surface area contributed by atoms with Gasteiger partial charge in [-0.1, -0.05) is 57.0 Å². The van der Waals surface area contributed by atoms with E-state index in [4.69, 9.17) is 4.84 Å². The average Bonchev–Trinajstić information content (AvgIpc) is 3.72. The molecule has 1 N–H and O–H groups in total. The molecular weight excluding hydrogens is 556 g/mol. The summed E-state index contributed by atoms with van der Waals surface area (Å²) in [6.45, 7) is 18.4. The van der Waals surface area contributed by atoms with Crippen molar-refractivity contribution in [3.05, 3.63) is 60.2 Å². The minimum absolute atomic E-state index is 0.0132. The minimum Gasteiger partial charge on any atom is -0.342 e. The van der Waals surface area contributed by atoms with E-state index < -0.39 is 0 Å². The zero-order valence-electron chi connectivity index (χ0n) is 28.9. The number of likely N-dealkylation sites (tertiary alicyclic amines) is 2. The van der Waals surface area contributed by atoms with Crippen molar-refractivity contribution in [2.45, 2.75) is 110 Å². The van der Waals surface area contributed by atoms with Crippen LogP contribution in [0.1, 0.15) is 94.7 Å². The van der Waals surface area contributed by atoms with E-state index in [0.717, 1.165) is 69.1 Å². The smallest absolute Gasteiger partial charge is 0.229 e. The number of hydrogen-bond acceptors (Lipinski definition) is 5. The molecule has 250 valence electrons. The maximum atomic E-state index is 13.2. The van der Waals surface area contributed by atoms with Crippen LogP contribution in [0.2, 0.25) is 0 Å². The number of fused-ring (bicyclic) bond motifs is 1. The van der Waals surface area contributed by atoms with Crippen LogP contribution >= 0.6 is 0 Å². The number of nitrogens with zero attached hydrogens (tertiary/aromatic N) is 3. The van der Waals surface area contributed by atoms with Crippen molar-refractivity contribution in [1.82, 2.24) is 20.2 Å². The number of hydrogen-bond donors (Lipinski definition) is 1. The second-order valence-corrected chi connectivity index (χ2v) is 14.9. The molecule has 4 fully saturated rings. The van der Waals surface area contributed by atoms with Crippen molar-refractivity contribution < 1.29 is 9.63 Å². The number of carbonyl (C=O) groups is 1. The van der Waals surface area contributed by atoms with E-state index in [9.17, 15) is 4.79 Å². The first-order valence-electron chi connectivity index (χ1n) is 18.2. The molecule has 45 heavy (non-hydrogen) atoms. The minimum atomic E-state index is -0.0132. The van der Waals surface area contributed by atoms with Gasteiger partial charge in [-0.25, -0.2) is 0 Å². The van der Waals surface area contributed by atoms with Gasteiger partial charge in [-0.05, 0) is 112 Å². The SMILES string of the molecule is C=CCCC(C=C)N1Cc2cc(CC3CCCCC3N3CC(C4CCN(C(=O)C5(CC)CC5C)CC4)C3)ccc2CO1.CNC. The Hall–Kier alpha value is -1.99. The number of benzene rings is 1. The van der Waals surface area contributed by atoms with E-state index in [1.54, 1.807) is 0 Å². The number of carbonyl (C=O) groups excluding carboxylic acids is 1. The Bertz CT molecular complexity index is 1140. The van der Waals surface area contributed by atoms with Crippen LogP contribution in [0, 0.1) is 29.1 Å². The molecular formula is C39H62N4O2. The molecule has 2 aliphatic carbocycles. The van der Waals surface area contributed by atoms with Gasteiger partial charge in [0.25, 0.3) is 0 Å². The molecule has 3 heterocycles. The summed E-state index contributed by atoms with van der Waals surface area (Å²) in [6, 6.07) is 8.12. The Morgan fingerprint density at radius 1 is 1.09 bits per heavy atom. The number of allylic oxidation sites excluding steroid dienone is 1. The average molecular weight is 619 g/mol. The van der Waals surface area contributed by atoms with Gasteiger partial charge in [0.1, 0.15) is 0 Å². The highest BCUT2D eigenvalue weighted by molar-refractivity contribution is 5.86. The van der Waals surface area contributed by atoms with E-state index >= 15 is 0 Å². The predicted molar refractivity (Wildman–Crippen MR) is 185 cm³/mol. The summed E-state index contributed by atoms with van der Waals surface area (Å²) in [4.78, 5) is 24.4. The Morgan fingerprint density at radius 3 is 2.44 bits per heavy atom. The highest BCUT2D eigenvalue weighted by Gasteiger charge is 2.57. The van der Waals surface area contributed by atoms with E-state index in [2.05, 4.69) is 65.4 Å². The maximum Gasteiger partial charge on any atom is 0.229 e. The first kappa shape index (κ1) is 34.3. The summed E-state index contributed by atoms with van der Waals surface area (Å²) < 4.78 is 0. The quantitative estimate of drug-likeness (QED) is 0.271. The van der Waals surface area contributed by atoms with Crippen LogP contribution in [0.5, 0.6) is 0 Å². The van der Waals surface area contributed by atoms with Crippen molar-refractivity contribution in [2.75, 3.05) is 40.3 Å². The molecule has 2 saturated heterocycles. The summed E-state index contributed by atoms with van der Waals surface area (Å²) in [5, 5.41) is 4.88. The van der Waals surface area contributed by atoms with Crippen molar-refractivity contribution in [3.63, 3.8) is 0 Å². The van der Waals surface area contributed by atoms with Crippen LogP contribution in [0.4, 0.5) is 0 Å². The van der Waals surface area contributed by atoms with Crippen molar-refractivity contribution >= 4 is 5.91 Å². The zero-order valence-corrected chi connectivity index (χ0v) is 28.9. The second-order valence-electron chi connectivity index (χ2n) is 14.9. The summed E-state index contributed by atoms with van der Waals surface area (Å²) in [7, 11) is 3.75. The van der Waals surface area contributed by atoms with Gasteiger partial charge < -0.3 is 10.2 Å². The van der Waals surface area contributed by atoms with E-state index in [-0.39, 0.29) is 11.5 Å². The fraction of sp³-hybridized carbons (Fsp3) is 0.718. The Balaban J connectivity index is 0.00000128. The molecule has 5 aliphatic rings. The summed E-state index contributed by atoms with van der Waals surface area (Å²) in [5.41, 5.74) is 4.24. The first-order chi connectivity index (χ1) is 21.9. The van der Waals surface area contributed by atoms with Crippen LogP contribution in [0.3, 0.4) is 0 Å². The van der Waals surface area contributed by atoms with Gasteiger partial charge in [-0.2, -0.15) is 5.06 Å². The molecule has 0 spiro atoms. The second kappa shape index (κ2) is 15.7. The number of nitrogens with one attached hydrogen (secondary N) is 1. The topological polar surface area (TPSA) is 48.0 Å². The normalized spacial score (nSPS) is 30.0. The first-order valence-corrected chi connectivity index (χ1v) is 18.2. The van der Waals surface area contributed by atoms with Crippen LogP contribution in [-0.4, -0.2) is 73.1 Å². The van der Waals surface area contributed by atoms with Crippen LogP contribution in [0.25, 0.3) is 0 Å². The lowest BCUT2D eigenvalue weighted by Gasteiger charge is -2.52. The molecule has 1 aromatic carbocycles. The van der Waals surface area contributed by atoms with Gasteiger partial charge in [-0.3, -0.25) is 14.5 Å². The van der Waals surface area contributed by atoms with E-state index in [0.29, 0.717) is 18.4 Å². The van der Waals surface area contributed by atoms with Gasteiger partial charge in [-0.15, -0.1) is 13.2 Å². The molecule has 5 atom stereocenters. The summed E-state index contributed by atoms with van der Waals surface area (Å²) in [6.07, 6.45) is 17.2. The van der Waals surface area contributed by atoms with Crippen LogP contribution in [0.15, 0.2) is 43.5 Å². The fourth-order valence-electron chi connectivity index (χ4n) is 8.99. The molecule has 0 aromatic heterocycles. The Labute approximate surface area is 274 Å². The van der Waals surface area contributed by atoms with Gasteiger partial charge >= 0.3 is 0 Å². The molecule has 1 aromatic rings. The van der Waals surface area contributed by atoms with E-state index in [1.165, 1.54) is 74.7 Å². The number of amides is 1. The molecule has 1 amide bonds. The molecule has 0 radical (unpaired) electrons. The predicted octanol–water partition coefficient (Wildman–Crippen LogP) is 7.00. The summed E-state index contributed by atoms with van der Waals surface area (Å²) >= 11 is 0. The lowest BCUT2D eigenvalue weighted by molar-refractivity contribution is -0.204. The third kappa shape index (κ3) is 7.77. The van der Waals surface area contributed by atoms with Crippen molar-refractivity contribution in [3.8, 4) is 0 Å². The zero-order chi connectivity index (χ0) is 32.0. The highest BCUT2D eigenvalue weighted by atomic mass is 16.7. The fourth-order valence-corrected chi connectivity index (χ4v) is 8.99. The summed E-state index contributed by atoms with van der Waals surface area (Å²) in [5.74, 6) is 3.44. The highest BCUT2D eigenvalue weighted by Crippen LogP contribution is 2.56. The monoisotopic (exact) mass is 618 g/mol. The third-order valence-electron chi connectivity index (χ3n) is 12.1. The largest absolute Gasteiger partial charge is 0.342 e. The maximum absolute atomic E-state index is 13.2. The van der Waals surface area contributed by atoms with Gasteiger partial charge in [0.2, 0.25) is 5.91 Å². The Kier molecular flexibility index (Phi) is 12.0. The lowest BCUT2D eigenvalue weighted by atomic mass is 9.74. The Morgan fingerprint density at radius 2 is 1.80 bits per heavy atom. The van der Waals surface area contributed by atoms with Crippen molar-refractivity contribution in [2.24, 2.45) is 29.1 Å². The third-order valence-corrected chi connectivity index (χ3v) is 12.1. The molecule has 3 aliphatic heterocycles. The van der Waals surface area contributed by atoms with Crippen LogP contribution < -0.4 is 5.32 Å². The molecule has 0 bridgehead atoms. The number of rotatable bonds is 11. The van der Waals surface area contributed by atoms with Crippen molar-refractivity contribution in [1.29, 1.82) is 0 Å². The standard InChI is InChI=1S/C37H55N3O2.C2H7N/c1-5-8-12-34(6-2)40-25-32-21-28(14-15-31(32)26-42-40)20-30-11-9-10-13-35(30)39-23-33(24-39)29-16-18-38(19-17-29)36(41)37(7-3)22-27(37)4;1-3-2/h5-6,14-15,21,27,29-30,33-35H,1-2,7-13,16-20,22-26H2,3-4H3;3H,1-2H3. The number of hydroxylamine groups is 2. The molecule has 2 saturated carbocycles. The molecule has 6 rings (SSSR count). The van der Waals surface area contributed by atoms with Gasteiger partial charge in [0.05, 0.1) is 24.6 Å². The number of piperidine rings is 1. The van der Waals surface area contributed by atoms with Gasteiger partial charge in [0, 0.05) is 32.2 Å². The van der Waals surface area contributed by atoms with Gasteiger partial charge in [0.15, 0.2) is 0 Å².